The molecule has 0 aliphatic rings. The molecule has 7 heteroatoms. The summed E-state index contributed by atoms with van der Waals surface area (Å²) in [5, 5.41) is 15.3. The maximum absolute atomic E-state index is 11.9. The second kappa shape index (κ2) is 6.25. The fraction of sp³-hybridized carbons (Fsp3) is 0.357. The number of carbonyl (C=O) groups excluding carboxylic acids is 1. The Kier molecular flexibility index (Phi) is 4.42. The molecular formula is C14H16N2O5. The van der Waals surface area contributed by atoms with Gasteiger partial charge < -0.3 is 19.4 Å². The zero-order valence-electron chi connectivity index (χ0n) is 11.7. The average molecular weight is 292 g/mol. The van der Waals surface area contributed by atoms with E-state index in [1.165, 1.54) is 12.3 Å². The first-order valence-electron chi connectivity index (χ1n) is 6.50. The summed E-state index contributed by atoms with van der Waals surface area (Å²) in [6.07, 6.45) is 1.48. The molecule has 21 heavy (non-hydrogen) atoms. The highest BCUT2D eigenvalue weighted by Gasteiger charge is 2.23. The molecule has 1 unspecified atom stereocenters. The largest absolute Gasteiger partial charge is 0.481 e. The minimum absolute atomic E-state index is 0.0365. The molecule has 0 saturated heterocycles. The van der Waals surface area contributed by atoms with E-state index in [2.05, 4.69) is 10.5 Å². The lowest BCUT2D eigenvalue weighted by Gasteiger charge is -2.16. The molecule has 2 heterocycles. The van der Waals surface area contributed by atoms with Gasteiger partial charge in [-0.15, -0.1) is 0 Å². The van der Waals surface area contributed by atoms with E-state index in [-0.39, 0.29) is 18.2 Å². The lowest BCUT2D eigenvalue weighted by Crippen LogP contribution is -2.35. The third-order valence-electron chi connectivity index (χ3n) is 3.11. The van der Waals surface area contributed by atoms with Crippen LogP contribution in [0.3, 0.4) is 0 Å². The molecule has 2 aromatic heterocycles. The number of hydrogen-bond donors (Lipinski definition) is 2. The van der Waals surface area contributed by atoms with E-state index in [0.717, 1.165) is 0 Å². The highest BCUT2D eigenvalue weighted by atomic mass is 16.5. The lowest BCUT2D eigenvalue weighted by atomic mass is 9.96. The minimum atomic E-state index is -0.943. The summed E-state index contributed by atoms with van der Waals surface area (Å²) in [4.78, 5) is 23.0. The smallest absolute Gasteiger partial charge is 0.308 e. The summed E-state index contributed by atoms with van der Waals surface area (Å²) in [5.41, 5.74) is 0.0781. The predicted octanol–water partition coefficient (Wildman–Crippen LogP) is 2.02. The molecular weight excluding hydrogens is 276 g/mol. The van der Waals surface area contributed by atoms with Crippen LogP contribution >= 0.6 is 0 Å². The Morgan fingerprint density at radius 2 is 2.14 bits per heavy atom. The summed E-state index contributed by atoms with van der Waals surface area (Å²) in [6, 6.07) is 4.82. The quantitative estimate of drug-likeness (QED) is 0.843. The predicted molar refractivity (Wildman–Crippen MR) is 72.5 cm³/mol. The molecule has 0 aromatic carbocycles. The first-order chi connectivity index (χ1) is 9.99. The number of carboxylic acid groups (broad SMARTS) is 1. The summed E-state index contributed by atoms with van der Waals surface area (Å²) in [5.74, 6) is -1.36. The molecule has 0 spiro atoms. The van der Waals surface area contributed by atoms with Gasteiger partial charge in [-0.3, -0.25) is 9.59 Å². The normalized spacial score (nSPS) is 12.3. The molecule has 0 fully saturated rings. The summed E-state index contributed by atoms with van der Waals surface area (Å²) in [7, 11) is 0. The molecule has 2 aromatic rings. The van der Waals surface area contributed by atoms with E-state index >= 15 is 0 Å². The summed E-state index contributed by atoms with van der Waals surface area (Å²) < 4.78 is 10.1. The van der Waals surface area contributed by atoms with Crippen LogP contribution in [-0.2, 0) is 4.79 Å². The van der Waals surface area contributed by atoms with Crippen LogP contribution in [0, 0.1) is 11.8 Å². The van der Waals surface area contributed by atoms with E-state index in [0.29, 0.717) is 11.5 Å². The third-order valence-corrected chi connectivity index (χ3v) is 3.11. The van der Waals surface area contributed by atoms with Crippen LogP contribution in [0.15, 0.2) is 33.4 Å². The lowest BCUT2D eigenvalue weighted by molar-refractivity contribution is -0.142. The Bertz CT molecular complexity index is 615. The number of rotatable bonds is 6. The molecule has 0 aliphatic heterocycles. The topological polar surface area (TPSA) is 106 Å². The monoisotopic (exact) mass is 292 g/mol. The van der Waals surface area contributed by atoms with Crippen LogP contribution in [-0.4, -0.2) is 28.7 Å². The van der Waals surface area contributed by atoms with Gasteiger partial charge in [-0.2, -0.15) is 0 Å². The van der Waals surface area contributed by atoms with Crippen molar-refractivity contribution in [1.82, 2.24) is 10.5 Å². The third kappa shape index (κ3) is 3.50. The van der Waals surface area contributed by atoms with Crippen molar-refractivity contribution < 1.29 is 23.6 Å². The number of hydrogen-bond acceptors (Lipinski definition) is 5. The highest BCUT2D eigenvalue weighted by Crippen LogP contribution is 2.20. The van der Waals surface area contributed by atoms with E-state index < -0.39 is 17.8 Å². The van der Waals surface area contributed by atoms with Crippen LogP contribution in [0.25, 0.3) is 11.5 Å². The molecule has 2 rings (SSSR count). The van der Waals surface area contributed by atoms with Gasteiger partial charge in [0.05, 0.1) is 12.2 Å². The van der Waals surface area contributed by atoms with Crippen LogP contribution in [0.5, 0.6) is 0 Å². The van der Waals surface area contributed by atoms with Crippen molar-refractivity contribution in [3.05, 3.63) is 30.2 Å². The van der Waals surface area contributed by atoms with Crippen molar-refractivity contribution in [1.29, 1.82) is 0 Å². The van der Waals surface area contributed by atoms with Gasteiger partial charge in [-0.25, -0.2) is 0 Å². The standard InChI is InChI=1S/C14H16N2O5/c1-8(2)9(14(18)19)7-15-13(17)10-6-12(21-16-10)11-4-3-5-20-11/h3-6,8-9H,7H2,1-2H3,(H,15,17)(H,18,19). The number of amides is 1. The molecule has 0 aliphatic carbocycles. The van der Waals surface area contributed by atoms with Crippen molar-refractivity contribution in [3.8, 4) is 11.5 Å². The molecule has 2 N–H and O–H groups in total. The van der Waals surface area contributed by atoms with Gasteiger partial charge in [0.15, 0.2) is 11.5 Å². The summed E-state index contributed by atoms with van der Waals surface area (Å²) >= 11 is 0. The van der Waals surface area contributed by atoms with Gasteiger partial charge in [-0.05, 0) is 18.1 Å². The number of aromatic nitrogens is 1. The number of carboxylic acids is 1. The Labute approximate surface area is 120 Å². The van der Waals surface area contributed by atoms with E-state index in [1.807, 2.05) is 0 Å². The van der Waals surface area contributed by atoms with E-state index in [4.69, 9.17) is 14.0 Å². The second-order valence-electron chi connectivity index (χ2n) is 4.95. The van der Waals surface area contributed by atoms with Gasteiger partial charge in [0.2, 0.25) is 5.76 Å². The van der Waals surface area contributed by atoms with Crippen LogP contribution in [0.4, 0.5) is 0 Å². The maximum Gasteiger partial charge on any atom is 0.308 e. The fourth-order valence-electron chi connectivity index (χ4n) is 1.82. The Morgan fingerprint density at radius 3 is 2.71 bits per heavy atom. The second-order valence-corrected chi connectivity index (χ2v) is 4.95. The maximum atomic E-state index is 11.9. The molecule has 112 valence electrons. The Hall–Kier alpha value is -2.57. The van der Waals surface area contributed by atoms with Gasteiger partial charge >= 0.3 is 5.97 Å². The van der Waals surface area contributed by atoms with Gasteiger partial charge in [0, 0.05) is 12.6 Å². The van der Waals surface area contributed by atoms with Crippen molar-refractivity contribution in [2.45, 2.75) is 13.8 Å². The molecule has 0 radical (unpaired) electrons. The molecule has 1 atom stereocenters. The number of carbonyl (C=O) groups is 2. The van der Waals surface area contributed by atoms with Crippen molar-refractivity contribution in [2.24, 2.45) is 11.8 Å². The van der Waals surface area contributed by atoms with Gasteiger partial charge in [0.25, 0.3) is 5.91 Å². The van der Waals surface area contributed by atoms with Crippen molar-refractivity contribution >= 4 is 11.9 Å². The van der Waals surface area contributed by atoms with Crippen molar-refractivity contribution in [2.75, 3.05) is 6.54 Å². The first-order valence-corrected chi connectivity index (χ1v) is 6.50. The van der Waals surface area contributed by atoms with Gasteiger partial charge in [-0.1, -0.05) is 19.0 Å². The number of nitrogens with zero attached hydrogens (tertiary/aromatic N) is 1. The number of furan rings is 1. The number of nitrogens with one attached hydrogen (secondary N) is 1. The average Bonchev–Trinajstić information content (AvgIpc) is 3.08. The molecule has 1 amide bonds. The molecule has 7 nitrogen and oxygen atoms in total. The van der Waals surface area contributed by atoms with Crippen LogP contribution in [0.2, 0.25) is 0 Å². The van der Waals surface area contributed by atoms with Crippen molar-refractivity contribution in [3.63, 3.8) is 0 Å². The SMILES string of the molecule is CC(C)C(CNC(=O)c1cc(-c2ccco2)on1)C(=O)O. The Morgan fingerprint density at radius 1 is 1.38 bits per heavy atom. The fourth-order valence-corrected chi connectivity index (χ4v) is 1.82. The number of aliphatic carboxylic acids is 1. The first kappa shape index (κ1) is 14.8. The van der Waals surface area contributed by atoms with Crippen LogP contribution < -0.4 is 5.32 Å². The zero-order valence-corrected chi connectivity index (χ0v) is 11.7. The van der Waals surface area contributed by atoms with Gasteiger partial charge in [0.1, 0.15) is 0 Å². The van der Waals surface area contributed by atoms with Crippen LogP contribution in [0.1, 0.15) is 24.3 Å². The minimum Gasteiger partial charge on any atom is -0.481 e. The highest BCUT2D eigenvalue weighted by molar-refractivity contribution is 5.93. The Balaban J connectivity index is 1.99. The zero-order chi connectivity index (χ0) is 15.4. The molecule has 0 saturated carbocycles. The van der Waals surface area contributed by atoms with E-state index in [9.17, 15) is 9.59 Å². The van der Waals surface area contributed by atoms with E-state index in [1.54, 1.807) is 26.0 Å². The summed E-state index contributed by atoms with van der Waals surface area (Å²) in [6.45, 7) is 3.61. The molecule has 0 bridgehead atoms.